The first-order valence-corrected chi connectivity index (χ1v) is 11.7. The highest BCUT2D eigenvalue weighted by molar-refractivity contribution is 7.18. The van der Waals surface area contributed by atoms with Gasteiger partial charge in [0.15, 0.2) is 0 Å². The second-order valence-corrected chi connectivity index (χ2v) is 9.23. The van der Waals surface area contributed by atoms with Crippen LogP contribution in [-0.2, 0) is 10.3 Å². The maximum Gasteiger partial charge on any atom is 0.427 e. The highest BCUT2D eigenvalue weighted by Gasteiger charge is 2.61. The monoisotopic (exact) mass is 472 g/mol. The third-order valence-corrected chi connectivity index (χ3v) is 7.30. The van der Waals surface area contributed by atoms with Gasteiger partial charge in [-0.15, -0.1) is 11.3 Å². The quantitative estimate of drug-likeness (QED) is 0.544. The van der Waals surface area contributed by atoms with Gasteiger partial charge < -0.3 is 14.7 Å². The molecule has 0 amide bonds. The van der Waals surface area contributed by atoms with E-state index in [0.29, 0.717) is 48.6 Å². The number of rotatable bonds is 4. The summed E-state index contributed by atoms with van der Waals surface area (Å²) in [4.78, 5) is 6.16. The van der Waals surface area contributed by atoms with E-state index in [4.69, 9.17) is 4.74 Å². The Balaban J connectivity index is 1.71. The summed E-state index contributed by atoms with van der Waals surface area (Å²) < 4.78 is 50.1. The predicted molar refractivity (Wildman–Crippen MR) is 123 cm³/mol. The lowest BCUT2D eigenvalue weighted by atomic mass is 9.91. The van der Waals surface area contributed by atoms with Crippen LogP contribution >= 0.6 is 11.3 Å². The van der Waals surface area contributed by atoms with Gasteiger partial charge in [-0.05, 0) is 42.2 Å². The first kappa shape index (κ1) is 22.1. The number of ether oxygens (including phenoxy) is 1. The van der Waals surface area contributed by atoms with E-state index in [1.807, 2.05) is 41.3 Å². The number of nitrogens with zero attached hydrogens (tertiary/aromatic N) is 2. The summed E-state index contributed by atoms with van der Waals surface area (Å²) in [5, 5.41) is 11.1. The number of halogens is 3. The molecule has 2 aliphatic rings. The molecule has 1 unspecified atom stereocenters. The van der Waals surface area contributed by atoms with Gasteiger partial charge in [0, 0.05) is 24.4 Å². The molecule has 1 atom stereocenters. The molecule has 1 saturated heterocycles. The Kier molecular flexibility index (Phi) is 5.76. The van der Waals surface area contributed by atoms with E-state index in [1.165, 1.54) is 0 Å². The minimum atomic E-state index is -4.92. The number of morpholine rings is 1. The smallest absolute Gasteiger partial charge is 0.378 e. The molecule has 1 aliphatic carbocycles. The Morgan fingerprint density at radius 1 is 0.970 bits per heavy atom. The highest BCUT2D eigenvalue weighted by atomic mass is 32.1. The number of hydrogen-bond acceptors (Lipinski definition) is 5. The zero-order valence-electron chi connectivity index (χ0n) is 17.8. The lowest BCUT2D eigenvalue weighted by molar-refractivity contribution is -0.251. The molecule has 0 spiro atoms. The molecule has 5 rings (SSSR count). The van der Waals surface area contributed by atoms with Gasteiger partial charge in [-0.25, -0.2) is 4.98 Å². The van der Waals surface area contributed by atoms with Crippen molar-refractivity contribution in [1.29, 1.82) is 0 Å². The van der Waals surface area contributed by atoms with Gasteiger partial charge in [-0.3, -0.25) is 0 Å². The van der Waals surface area contributed by atoms with Gasteiger partial charge in [-0.1, -0.05) is 42.5 Å². The van der Waals surface area contributed by atoms with Crippen LogP contribution in [0, 0.1) is 0 Å². The zero-order chi connectivity index (χ0) is 23.1. The molecule has 8 heteroatoms. The van der Waals surface area contributed by atoms with E-state index in [1.54, 1.807) is 24.3 Å². The van der Waals surface area contributed by atoms with Crippen molar-refractivity contribution in [2.24, 2.45) is 0 Å². The van der Waals surface area contributed by atoms with Crippen molar-refractivity contribution in [3.05, 3.63) is 82.0 Å². The van der Waals surface area contributed by atoms with Crippen LogP contribution in [0.2, 0.25) is 0 Å². The molecule has 0 radical (unpaired) electrons. The van der Waals surface area contributed by atoms with Crippen molar-refractivity contribution in [2.45, 2.75) is 24.6 Å². The molecular formula is C25H23F3N2O2S. The summed E-state index contributed by atoms with van der Waals surface area (Å²) in [7, 11) is 0. The minimum Gasteiger partial charge on any atom is -0.378 e. The molecule has 2 aromatic carbocycles. The normalized spacial score (nSPS) is 20.6. The van der Waals surface area contributed by atoms with Crippen LogP contribution in [0.4, 0.5) is 13.2 Å². The fraction of sp³-hybridized carbons (Fsp3) is 0.320. The second kappa shape index (κ2) is 8.59. The predicted octanol–water partition coefficient (Wildman–Crippen LogP) is 5.51. The summed E-state index contributed by atoms with van der Waals surface area (Å²) in [5.41, 5.74) is -0.556. The molecular weight excluding hydrogens is 449 g/mol. The molecule has 1 aromatic heterocycles. The van der Waals surface area contributed by atoms with E-state index in [2.05, 4.69) is 4.98 Å². The van der Waals surface area contributed by atoms with E-state index in [9.17, 15) is 18.3 Å². The molecule has 172 valence electrons. The van der Waals surface area contributed by atoms with Gasteiger partial charge in [0.25, 0.3) is 0 Å². The molecule has 1 N–H and O–H groups in total. The average Bonchev–Trinajstić information content (AvgIpc) is 3.44. The van der Waals surface area contributed by atoms with Crippen LogP contribution in [0.25, 0.3) is 16.3 Å². The number of hydrogen-bond donors (Lipinski definition) is 1. The molecule has 4 nitrogen and oxygen atoms in total. The van der Waals surface area contributed by atoms with Crippen molar-refractivity contribution < 1.29 is 23.0 Å². The Morgan fingerprint density at radius 3 is 2.36 bits per heavy atom. The van der Waals surface area contributed by atoms with Crippen LogP contribution < -0.4 is 0 Å². The molecule has 0 bridgehead atoms. The third kappa shape index (κ3) is 3.96. The SMILES string of the molecule is OC(C1=C(N2CCOCC2)/C(=C\c2ccccc2)CC1)(c1nc2ccccc2s1)C(F)(F)F. The van der Waals surface area contributed by atoms with Gasteiger partial charge in [0.05, 0.1) is 23.4 Å². The Bertz CT molecular complexity index is 1180. The summed E-state index contributed by atoms with van der Waals surface area (Å²) in [6.45, 7) is 1.81. The number of fused-ring (bicyclic) bond motifs is 1. The first-order chi connectivity index (χ1) is 15.9. The Morgan fingerprint density at radius 2 is 1.67 bits per heavy atom. The molecule has 0 saturated carbocycles. The van der Waals surface area contributed by atoms with Crippen molar-refractivity contribution in [3.63, 3.8) is 0 Å². The number of aromatic nitrogens is 1. The van der Waals surface area contributed by atoms with Gasteiger partial charge in [0.1, 0.15) is 5.01 Å². The maximum atomic E-state index is 14.7. The van der Waals surface area contributed by atoms with Crippen molar-refractivity contribution in [2.75, 3.05) is 26.3 Å². The van der Waals surface area contributed by atoms with Crippen molar-refractivity contribution in [3.8, 4) is 0 Å². The van der Waals surface area contributed by atoms with Crippen molar-refractivity contribution in [1.82, 2.24) is 9.88 Å². The molecule has 1 fully saturated rings. The van der Waals surface area contributed by atoms with Crippen LogP contribution in [0.3, 0.4) is 0 Å². The number of para-hydroxylation sites is 1. The van der Waals surface area contributed by atoms with E-state index in [-0.39, 0.29) is 17.0 Å². The summed E-state index contributed by atoms with van der Waals surface area (Å²) >= 11 is 0.894. The molecule has 1 aliphatic heterocycles. The molecule has 33 heavy (non-hydrogen) atoms. The number of alkyl halides is 3. The maximum absolute atomic E-state index is 14.7. The number of aliphatic hydroxyl groups is 1. The highest BCUT2D eigenvalue weighted by Crippen LogP contribution is 2.53. The first-order valence-electron chi connectivity index (χ1n) is 10.9. The summed E-state index contributed by atoms with van der Waals surface area (Å²) in [5.74, 6) is 0. The van der Waals surface area contributed by atoms with E-state index >= 15 is 0 Å². The minimum absolute atomic E-state index is 0.0295. The Labute approximate surface area is 193 Å². The van der Waals surface area contributed by atoms with Crippen molar-refractivity contribution >= 4 is 27.6 Å². The average molecular weight is 473 g/mol. The second-order valence-electron chi connectivity index (χ2n) is 8.20. The summed E-state index contributed by atoms with van der Waals surface area (Å²) in [6, 6.07) is 16.4. The fourth-order valence-electron chi connectivity index (χ4n) is 4.56. The fourth-order valence-corrected chi connectivity index (χ4v) is 5.67. The summed E-state index contributed by atoms with van der Waals surface area (Å²) in [6.07, 6.45) is -2.47. The number of thiazole rings is 1. The number of benzene rings is 2. The van der Waals surface area contributed by atoms with Gasteiger partial charge in [0.2, 0.25) is 5.60 Å². The Hall–Kier alpha value is -2.68. The van der Waals surface area contributed by atoms with Crippen LogP contribution in [0.15, 0.2) is 71.4 Å². The largest absolute Gasteiger partial charge is 0.427 e. The van der Waals surface area contributed by atoms with E-state index < -0.39 is 11.8 Å². The molecule has 2 heterocycles. The standard InChI is InChI=1S/C25H23F3N2O2S/c26-25(27,28)24(31,23-29-20-8-4-5-9-21(20)33-23)19-11-10-18(16-17-6-2-1-3-7-17)22(19)30-12-14-32-15-13-30/h1-9,16,31H,10-15H2/b18-16-. The van der Waals surface area contributed by atoms with Crippen LogP contribution in [0.1, 0.15) is 23.4 Å². The van der Waals surface area contributed by atoms with Gasteiger partial charge in [-0.2, -0.15) is 13.2 Å². The lowest BCUT2D eigenvalue weighted by Gasteiger charge is -2.36. The lowest BCUT2D eigenvalue weighted by Crippen LogP contribution is -2.46. The van der Waals surface area contributed by atoms with Crippen LogP contribution in [0.5, 0.6) is 0 Å². The van der Waals surface area contributed by atoms with Gasteiger partial charge >= 0.3 is 6.18 Å². The zero-order valence-corrected chi connectivity index (χ0v) is 18.6. The van der Waals surface area contributed by atoms with Crippen LogP contribution in [-0.4, -0.2) is 47.5 Å². The third-order valence-electron chi connectivity index (χ3n) is 6.15. The molecule has 3 aromatic rings. The topological polar surface area (TPSA) is 45.6 Å². The van der Waals surface area contributed by atoms with E-state index in [0.717, 1.165) is 22.5 Å². The number of allylic oxidation sites excluding steroid dienone is 1.